The Balaban J connectivity index is 1.71. The molecule has 0 amide bonds. The Morgan fingerprint density at radius 2 is 1.00 bits per heavy atom. The number of nitrogens with zero attached hydrogens (tertiary/aromatic N) is 1. The van der Waals surface area contributed by atoms with E-state index in [0.717, 1.165) is 39.1 Å². The molecule has 7 rings (SSSR count). The molecule has 3 aliphatic heterocycles. The van der Waals surface area contributed by atoms with E-state index < -0.39 is 15.1 Å². The summed E-state index contributed by atoms with van der Waals surface area (Å²) in [7, 11) is 15.7. The fourth-order valence-electron chi connectivity index (χ4n) is 4.95. The summed E-state index contributed by atoms with van der Waals surface area (Å²) < 4.78 is 15.3. The van der Waals surface area contributed by atoms with Gasteiger partial charge in [0.25, 0.3) is 0 Å². The second kappa shape index (κ2) is 5.48. The molecule has 0 fully saturated rings. The number of halogens is 2. The number of rotatable bonds is 1. The molecule has 0 saturated heterocycles. The molecule has 3 aliphatic rings. The average molecular weight is 541 g/mol. The minimum atomic E-state index is -4.91. The summed E-state index contributed by atoms with van der Waals surface area (Å²) in [5.41, 5.74) is 2.97. The van der Waals surface area contributed by atoms with E-state index in [2.05, 4.69) is 29.2 Å². The molecule has 0 bridgehead atoms. The van der Waals surface area contributed by atoms with Gasteiger partial charge in [0.05, 0.1) is 0 Å². The van der Waals surface area contributed by atoms with E-state index in [1.807, 2.05) is 60.7 Å². The van der Waals surface area contributed by atoms with Gasteiger partial charge in [0.2, 0.25) is 0 Å². The monoisotopic (exact) mass is 539 g/mol. The van der Waals surface area contributed by atoms with Gasteiger partial charge in [-0.3, -0.25) is 0 Å². The molecule has 0 spiro atoms. The van der Waals surface area contributed by atoms with Gasteiger partial charge >= 0.3 is 183 Å². The van der Waals surface area contributed by atoms with Crippen LogP contribution >= 0.6 is 17.7 Å². The van der Waals surface area contributed by atoms with E-state index in [1.54, 1.807) is 0 Å². The standard InChI is InChI=1S/C24H14NO2.2ClH.Sb/c1-2-7-18(8-3-1)25-19-9-4-11-21(15-19)26-23-13-6-14-24(17-23)27-22-12-5-10-20(25)16-22;;;/h1-14H;2*1H;/q;;;+2/p-2. The van der Waals surface area contributed by atoms with Crippen molar-refractivity contribution in [1.29, 1.82) is 0 Å². The van der Waals surface area contributed by atoms with Gasteiger partial charge < -0.3 is 0 Å². The van der Waals surface area contributed by atoms with E-state index >= 15 is 0 Å². The van der Waals surface area contributed by atoms with Crippen LogP contribution in [0.4, 0.5) is 17.1 Å². The predicted octanol–water partition coefficient (Wildman–Crippen LogP) is 5.58. The summed E-state index contributed by atoms with van der Waals surface area (Å²) in [6, 6.07) is 28.1. The molecule has 0 N–H and O–H groups in total. The number of ether oxygens (including phenoxy) is 2. The number of para-hydroxylation sites is 1. The van der Waals surface area contributed by atoms with E-state index in [-0.39, 0.29) is 0 Å². The van der Waals surface area contributed by atoms with Gasteiger partial charge in [-0.2, -0.15) is 0 Å². The third kappa shape index (κ3) is 1.86. The zero-order valence-corrected chi connectivity index (χ0v) is 19.6. The summed E-state index contributed by atoms with van der Waals surface area (Å²) >= 11 is -4.91. The topological polar surface area (TPSA) is 21.7 Å². The van der Waals surface area contributed by atoms with Crippen LogP contribution in [-0.2, 0) is 0 Å². The molecular formula is C24H14Cl2NO2Sb. The third-order valence-electron chi connectivity index (χ3n) is 6.03. The quantitative estimate of drug-likeness (QED) is 0.259. The Morgan fingerprint density at radius 3 is 1.53 bits per heavy atom. The molecule has 4 aromatic carbocycles. The molecule has 0 aromatic heterocycles. The van der Waals surface area contributed by atoms with Crippen molar-refractivity contribution in [3.8, 4) is 23.0 Å². The molecule has 30 heavy (non-hydrogen) atoms. The van der Waals surface area contributed by atoms with Crippen LogP contribution in [0.15, 0.2) is 84.9 Å². The van der Waals surface area contributed by atoms with Crippen molar-refractivity contribution in [2.45, 2.75) is 0 Å². The molecule has 0 radical (unpaired) electrons. The van der Waals surface area contributed by atoms with Gasteiger partial charge in [0.15, 0.2) is 0 Å². The molecule has 4 aromatic rings. The number of hydrogen-bond acceptors (Lipinski definition) is 3. The van der Waals surface area contributed by atoms with Crippen LogP contribution in [0, 0.1) is 0 Å². The predicted molar refractivity (Wildman–Crippen MR) is 124 cm³/mol. The Kier molecular flexibility index (Phi) is 3.17. The van der Waals surface area contributed by atoms with E-state index in [9.17, 15) is 0 Å². The first-order valence-electron chi connectivity index (χ1n) is 9.64. The van der Waals surface area contributed by atoms with Crippen molar-refractivity contribution >= 4 is 60.4 Å². The Bertz CT molecular complexity index is 1320. The van der Waals surface area contributed by atoms with E-state index in [0.29, 0.717) is 11.5 Å². The molecular weight excluding hydrogens is 527 g/mol. The van der Waals surface area contributed by atoms with Crippen molar-refractivity contribution in [1.82, 2.24) is 0 Å². The summed E-state index contributed by atoms with van der Waals surface area (Å²) in [5.74, 6) is 2.84. The van der Waals surface area contributed by atoms with Crippen LogP contribution in [0.5, 0.6) is 23.0 Å². The SMILES string of the molecule is [Cl][Sb]12([Cl])[c]3c4cccc3Oc3cccc([c]31)N(c1ccccc1)c1cccc([c]12)O4. The van der Waals surface area contributed by atoms with Crippen molar-refractivity contribution in [3.63, 3.8) is 0 Å². The van der Waals surface area contributed by atoms with Crippen LogP contribution in [0.25, 0.3) is 0 Å². The van der Waals surface area contributed by atoms with Gasteiger partial charge in [-0.1, -0.05) is 0 Å². The van der Waals surface area contributed by atoms with Crippen LogP contribution in [-0.4, -0.2) is 15.1 Å². The maximum atomic E-state index is 7.84. The number of hydrogen-bond donors (Lipinski definition) is 0. The Labute approximate surface area is 181 Å². The normalized spacial score (nSPS) is 18.9. The Hall–Kier alpha value is -2.32. The first kappa shape index (κ1) is 17.4. The molecule has 0 unspecified atom stereocenters. The minimum absolute atomic E-state index is 0.692. The number of benzene rings is 4. The first-order chi connectivity index (χ1) is 14.6. The van der Waals surface area contributed by atoms with Crippen molar-refractivity contribution < 1.29 is 9.47 Å². The van der Waals surface area contributed by atoms with Crippen molar-refractivity contribution in [3.05, 3.63) is 84.9 Å². The van der Waals surface area contributed by atoms with Gasteiger partial charge in [0, 0.05) is 0 Å². The Morgan fingerprint density at radius 1 is 0.533 bits per heavy atom. The fraction of sp³-hybridized carbons (Fsp3) is 0. The van der Waals surface area contributed by atoms with Crippen LogP contribution in [0.2, 0.25) is 0 Å². The second-order valence-corrected chi connectivity index (χ2v) is 26.9. The summed E-state index contributed by atoms with van der Waals surface area (Å²) in [6.45, 7) is 0. The summed E-state index contributed by atoms with van der Waals surface area (Å²) in [4.78, 5) is 2.21. The molecule has 0 atom stereocenters. The molecule has 3 heterocycles. The average Bonchev–Trinajstić information content (AvgIpc) is 2.74. The molecule has 0 saturated carbocycles. The van der Waals surface area contributed by atoms with Crippen molar-refractivity contribution in [2.75, 3.05) is 4.90 Å². The van der Waals surface area contributed by atoms with Gasteiger partial charge in [-0.05, 0) is 0 Å². The molecule has 146 valence electrons. The first-order valence-corrected chi connectivity index (χ1v) is 19.9. The van der Waals surface area contributed by atoms with Crippen LogP contribution < -0.4 is 24.9 Å². The molecule has 3 nitrogen and oxygen atoms in total. The molecule has 0 aliphatic carbocycles. The zero-order valence-electron chi connectivity index (χ0n) is 15.5. The van der Waals surface area contributed by atoms with E-state index in [4.69, 9.17) is 27.1 Å². The fourth-order valence-corrected chi connectivity index (χ4v) is 22.7. The van der Waals surface area contributed by atoms with Gasteiger partial charge in [0.1, 0.15) is 0 Å². The number of anilines is 3. The van der Waals surface area contributed by atoms with Crippen LogP contribution in [0.3, 0.4) is 0 Å². The van der Waals surface area contributed by atoms with Crippen LogP contribution in [0.1, 0.15) is 0 Å². The van der Waals surface area contributed by atoms with Gasteiger partial charge in [-0.25, -0.2) is 0 Å². The maximum absolute atomic E-state index is 7.84. The zero-order chi connectivity index (χ0) is 20.1. The summed E-state index contributed by atoms with van der Waals surface area (Å²) in [6.07, 6.45) is 0. The summed E-state index contributed by atoms with van der Waals surface area (Å²) in [5, 5.41) is 0. The molecule has 6 heteroatoms. The third-order valence-corrected chi connectivity index (χ3v) is 23.4. The second-order valence-electron chi connectivity index (χ2n) is 7.63. The van der Waals surface area contributed by atoms with E-state index in [1.165, 1.54) is 0 Å². The van der Waals surface area contributed by atoms with Gasteiger partial charge in [-0.15, -0.1) is 0 Å². The van der Waals surface area contributed by atoms with Crippen molar-refractivity contribution in [2.24, 2.45) is 0 Å².